The van der Waals surface area contributed by atoms with Gasteiger partial charge in [-0.05, 0) is 24.8 Å². The maximum atomic E-state index is 12.1. The summed E-state index contributed by atoms with van der Waals surface area (Å²) in [5.74, 6) is 5.79. The van der Waals surface area contributed by atoms with Crippen LogP contribution in [0.25, 0.3) is 0 Å². The summed E-state index contributed by atoms with van der Waals surface area (Å²) in [4.78, 5) is 16.1. The first kappa shape index (κ1) is 13.6. The molecule has 2 N–H and O–H groups in total. The second-order valence-electron chi connectivity index (χ2n) is 4.74. The van der Waals surface area contributed by atoms with E-state index < -0.39 is 0 Å². The van der Waals surface area contributed by atoms with Crippen molar-refractivity contribution >= 4 is 5.91 Å². The highest BCUT2D eigenvalue weighted by Crippen LogP contribution is 2.23. The monoisotopic (exact) mass is 258 g/mol. The molecule has 4 nitrogen and oxygen atoms in total. The van der Waals surface area contributed by atoms with Crippen LogP contribution in [0.4, 0.5) is 0 Å². The van der Waals surface area contributed by atoms with Gasteiger partial charge in [-0.2, -0.15) is 0 Å². The molecule has 0 radical (unpaired) electrons. The predicted octanol–water partition coefficient (Wildman–Crippen LogP) is 1.35. The lowest BCUT2D eigenvalue weighted by Crippen LogP contribution is -2.29. The number of aliphatic hydroxyl groups is 1. The molecule has 100 valence electrons. The molecule has 2 rings (SSSR count). The highest BCUT2D eigenvalue weighted by atomic mass is 16.2. The zero-order valence-corrected chi connectivity index (χ0v) is 10.9. The lowest BCUT2D eigenvalue weighted by molar-refractivity contribution is 0.0947. The van der Waals surface area contributed by atoms with E-state index in [4.69, 9.17) is 5.11 Å². The van der Waals surface area contributed by atoms with Crippen molar-refractivity contribution in [3.63, 3.8) is 0 Å². The first-order valence-electron chi connectivity index (χ1n) is 6.63. The highest BCUT2D eigenvalue weighted by molar-refractivity contribution is 5.96. The lowest BCUT2D eigenvalue weighted by Gasteiger charge is -2.11. The standard InChI is InChI=1S/C15H18N2O2/c18-9-3-6-13-11-16-8-7-14(13)15(19)17-10-12-4-1-2-5-12/h7-8,11-12,18H,1-2,4-5,9-10H2,(H,17,19). The molecule has 4 heteroatoms. The molecule has 1 amide bonds. The van der Waals surface area contributed by atoms with E-state index >= 15 is 0 Å². The molecule has 19 heavy (non-hydrogen) atoms. The normalized spacial score (nSPS) is 14.8. The molecular formula is C15H18N2O2. The molecule has 1 aliphatic rings. The van der Waals surface area contributed by atoms with Crippen LogP contribution in [0.5, 0.6) is 0 Å². The third-order valence-corrected chi connectivity index (χ3v) is 3.39. The molecule has 1 heterocycles. The zero-order valence-electron chi connectivity index (χ0n) is 10.9. The Labute approximate surface area is 113 Å². The summed E-state index contributed by atoms with van der Waals surface area (Å²) in [6.45, 7) is 0.506. The number of rotatable bonds is 3. The highest BCUT2D eigenvalue weighted by Gasteiger charge is 2.17. The Bertz CT molecular complexity index is 496. The van der Waals surface area contributed by atoms with Crippen LogP contribution in [0.15, 0.2) is 18.5 Å². The Kier molecular flexibility index (Phi) is 4.93. The van der Waals surface area contributed by atoms with E-state index in [1.54, 1.807) is 18.5 Å². The van der Waals surface area contributed by atoms with Gasteiger partial charge in [0.2, 0.25) is 0 Å². The van der Waals surface area contributed by atoms with Gasteiger partial charge in [-0.25, -0.2) is 0 Å². The quantitative estimate of drug-likeness (QED) is 0.804. The van der Waals surface area contributed by atoms with Gasteiger partial charge in [-0.1, -0.05) is 24.7 Å². The van der Waals surface area contributed by atoms with Gasteiger partial charge >= 0.3 is 0 Å². The molecule has 0 atom stereocenters. The lowest BCUT2D eigenvalue weighted by atomic mass is 10.1. The summed E-state index contributed by atoms with van der Waals surface area (Å²) in [7, 11) is 0. The SMILES string of the molecule is O=C(NCC1CCCC1)c1ccncc1C#CCO. The summed E-state index contributed by atoms with van der Waals surface area (Å²) in [5, 5.41) is 11.7. The number of nitrogens with zero attached hydrogens (tertiary/aromatic N) is 1. The maximum absolute atomic E-state index is 12.1. The average molecular weight is 258 g/mol. The Morgan fingerprint density at radius 2 is 2.26 bits per heavy atom. The van der Waals surface area contributed by atoms with Crippen LogP contribution in [-0.2, 0) is 0 Å². The van der Waals surface area contributed by atoms with Gasteiger partial charge in [0, 0.05) is 18.9 Å². The summed E-state index contributed by atoms with van der Waals surface area (Å²) in [6.07, 6.45) is 8.06. The topological polar surface area (TPSA) is 62.2 Å². The van der Waals surface area contributed by atoms with Gasteiger partial charge in [0.05, 0.1) is 11.1 Å². The number of hydrogen-bond acceptors (Lipinski definition) is 3. The number of carbonyl (C=O) groups is 1. The van der Waals surface area contributed by atoms with Crippen molar-refractivity contribution in [1.29, 1.82) is 0 Å². The number of pyridine rings is 1. The molecule has 1 aromatic rings. The third kappa shape index (κ3) is 3.80. The summed E-state index contributed by atoms with van der Waals surface area (Å²) in [6, 6.07) is 1.66. The fraction of sp³-hybridized carbons (Fsp3) is 0.467. The molecule has 0 aromatic carbocycles. The Hall–Kier alpha value is -1.86. The van der Waals surface area contributed by atoms with Crippen LogP contribution in [0.2, 0.25) is 0 Å². The van der Waals surface area contributed by atoms with Gasteiger partial charge in [0.1, 0.15) is 6.61 Å². The van der Waals surface area contributed by atoms with Crippen molar-refractivity contribution in [1.82, 2.24) is 10.3 Å². The van der Waals surface area contributed by atoms with E-state index in [0.717, 1.165) is 6.54 Å². The molecule has 1 aliphatic carbocycles. The van der Waals surface area contributed by atoms with E-state index in [2.05, 4.69) is 22.1 Å². The average Bonchev–Trinajstić information content (AvgIpc) is 2.96. The number of aliphatic hydroxyl groups excluding tert-OH is 1. The van der Waals surface area contributed by atoms with Crippen molar-refractivity contribution < 1.29 is 9.90 Å². The Balaban J connectivity index is 2.01. The summed E-state index contributed by atoms with van der Waals surface area (Å²) >= 11 is 0. The maximum Gasteiger partial charge on any atom is 0.252 e. The van der Waals surface area contributed by atoms with Gasteiger partial charge in [-0.3, -0.25) is 9.78 Å². The van der Waals surface area contributed by atoms with Crippen molar-refractivity contribution in [2.24, 2.45) is 5.92 Å². The minimum Gasteiger partial charge on any atom is -0.384 e. The van der Waals surface area contributed by atoms with Crippen LogP contribution in [0, 0.1) is 17.8 Å². The Morgan fingerprint density at radius 1 is 1.47 bits per heavy atom. The van der Waals surface area contributed by atoms with Crippen LogP contribution in [-0.4, -0.2) is 29.1 Å². The van der Waals surface area contributed by atoms with Crippen molar-refractivity contribution in [3.05, 3.63) is 29.6 Å². The van der Waals surface area contributed by atoms with Crippen molar-refractivity contribution in [2.75, 3.05) is 13.2 Å². The molecule has 0 saturated heterocycles. The number of amides is 1. The first-order valence-corrected chi connectivity index (χ1v) is 6.63. The van der Waals surface area contributed by atoms with Gasteiger partial charge in [0.15, 0.2) is 0 Å². The molecule has 1 aromatic heterocycles. The molecule has 0 unspecified atom stereocenters. The van der Waals surface area contributed by atoms with E-state index in [1.165, 1.54) is 25.7 Å². The van der Waals surface area contributed by atoms with E-state index in [0.29, 0.717) is 17.0 Å². The third-order valence-electron chi connectivity index (χ3n) is 3.39. The van der Waals surface area contributed by atoms with E-state index in [1.807, 2.05) is 0 Å². The largest absolute Gasteiger partial charge is 0.384 e. The molecule has 0 spiro atoms. The van der Waals surface area contributed by atoms with Gasteiger partial charge in [0.25, 0.3) is 5.91 Å². The minimum atomic E-state index is -0.224. The molecule has 1 saturated carbocycles. The molecule has 0 aliphatic heterocycles. The van der Waals surface area contributed by atoms with E-state index in [9.17, 15) is 4.79 Å². The summed E-state index contributed by atoms with van der Waals surface area (Å²) < 4.78 is 0. The molecule has 0 bridgehead atoms. The number of aromatic nitrogens is 1. The number of hydrogen-bond donors (Lipinski definition) is 2. The van der Waals surface area contributed by atoms with Crippen molar-refractivity contribution in [2.45, 2.75) is 25.7 Å². The van der Waals surface area contributed by atoms with Crippen LogP contribution in [0.3, 0.4) is 0 Å². The minimum absolute atomic E-state index is 0.114. The smallest absolute Gasteiger partial charge is 0.252 e. The van der Waals surface area contributed by atoms with Gasteiger partial charge in [-0.15, -0.1) is 0 Å². The van der Waals surface area contributed by atoms with Crippen LogP contribution in [0.1, 0.15) is 41.6 Å². The number of nitrogens with one attached hydrogen (secondary N) is 1. The fourth-order valence-corrected chi connectivity index (χ4v) is 2.37. The zero-order chi connectivity index (χ0) is 13.5. The van der Waals surface area contributed by atoms with Crippen LogP contribution >= 0.6 is 0 Å². The second-order valence-corrected chi connectivity index (χ2v) is 4.74. The fourth-order valence-electron chi connectivity index (χ4n) is 2.37. The summed E-state index contributed by atoms with van der Waals surface area (Å²) in [5.41, 5.74) is 1.08. The predicted molar refractivity (Wildman–Crippen MR) is 72.5 cm³/mol. The van der Waals surface area contributed by atoms with E-state index in [-0.39, 0.29) is 12.5 Å². The molecule has 1 fully saturated rings. The Morgan fingerprint density at radius 3 is 3.00 bits per heavy atom. The number of carbonyl (C=O) groups excluding carboxylic acids is 1. The first-order chi connectivity index (χ1) is 9.31. The van der Waals surface area contributed by atoms with Crippen molar-refractivity contribution in [3.8, 4) is 11.8 Å². The van der Waals surface area contributed by atoms with Gasteiger partial charge < -0.3 is 10.4 Å². The van der Waals surface area contributed by atoms with Crippen LogP contribution < -0.4 is 5.32 Å². The second kappa shape index (κ2) is 6.91. The molecular weight excluding hydrogens is 240 g/mol.